The monoisotopic (exact) mass is 424 g/mol. The maximum absolute atomic E-state index is 11.0. The lowest BCUT2D eigenvalue weighted by molar-refractivity contribution is 0.150. The molecule has 4 nitrogen and oxygen atoms in total. The van der Waals surface area contributed by atoms with E-state index in [0.29, 0.717) is 4.58 Å². The fourth-order valence-electron chi connectivity index (χ4n) is 2.79. The number of aliphatic hydroxyl groups is 3. The highest BCUT2D eigenvalue weighted by molar-refractivity contribution is 8.17. The quantitative estimate of drug-likeness (QED) is 0.582. The van der Waals surface area contributed by atoms with Crippen LogP contribution in [0, 0.1) is 0 Å². The third-order valence-electron chi connectivity index (χ3n) is 3.88. The van der Waals surface area contributed by atoms with Crippen LogP contribution in [0.4, 0.5) is 0 Å². The number of benzene rings is 2. The first-order valence-corrected chi connectivity index (χ1v) is 11.7. The second-order valence-electron chi connectivity index (χ2n) is 6.07. The molecule has 2 atom stereocenters. The number of phenolic OH excluding ortho intramolecular Hbond substituents is 1. The van der Waals surface area contributed by atoms with Crippen molar-refractivity contribution >= 4 is 23.5 Å². The van der Waals surface area contributed by atoms with Crippen LogP contribution in [0.3, 0.4) is 0 Å². The Morgan fingerprint density at radius 1 is 0.893 bits per heavy atom. The lowest BCUT2D eigenvalue weighted by Crippen LogP contribution is -2.23. The van der Waals surface area contributed by atoms with Crippen molar-refractivity contribution in [1.29, 1.82) is 0 Å². The molecule has 4 N–H and O–H groups in total. The molecular weight excluding hydrogens is 392 g/mol. The molecule has 6 heteroatoms. The highest BCUT2D eigenvalue weighted by Gasteiger charge is 2.33. The summed E-state index contributed by atoms with van der Waals surface area (Å²) >= 11 is 3.87. The van der Waals surface area contributed by atoms with E-state index in [9.17, 15) is 10.2 Å². The third kappa shape index (κ3) is 8.45. The van der Waals surface area contributed by atoms with Crippen LogP contribution in [0.15, 0.2) is 54.6 Å². The molecule has 0 saturated carbocycles. The summed E-state index contributed by atoms with van der Waals surface area (Å²) in [4.78, 5) is 0. The van der Waals surface area contributed by atoms with Crippen molar-refractivity contribution in [2.75, 3.05) is 24.7 Å². The summed E-state index contributed by atoms with van der Waals surface area (Å²) in [7, 11) is 0. The van der Waals surface area contributed by atoms with Gasteiger partial charge in [0.15, 0.2) is 0 Å². The molecule has 28 heavy (non-hydrogen) atoms. The topological polar surface area (TPSA) is 80.9 Å². The zero-order valence-electron chi connectivity index (χ0n) is 16.6. The number of phenols is 1. The molecule has 1 aliphatic heterocycles. The number of thioether (sulfide) groups is 2. The summed E-state index contributed by atoms with van der Waals surface area (Å²) in [6.07, 6.45) is 0.618. The first kappa shape index (κ1) is 24.9. The van der Waals surface area contributed by atoms with Crippen molar-refractivity contribution in [3.8, 4) is 5.75 Å². The Morgan fingerprint density at radius 2 is 1.43 bits per heavy atom. The van der Waals surface area contributed by atoms with Crippen molar-refractivity contribution in [2.24, 2.45) is 0 Å². The Kier molecular flexibility index (Phi) is 13.1. The SMILES string of the molecule is CCO.CCO.Oc1cccc(C(O)C(c2ccccc2)C2SCCCS2)c1. The highest BCUT2D eigenvalue weighted by Crippen LogP contribution is 2.46. The zero-order chi connectivity index (χ0) is 20.8. The van der Waals surface area contributed by atoms with Gasteiger partial charge in [-0.05, 0) is 55.0 Å². The molecule has 0 aliphatic carbocycles. The van der Waals surface area contributed by atoms with E-state index in [2.05, 4.69) is 12.1 Å². The lowest BCUT2D eigenvalue weighted by Gasteiger charge is -2.33. The van der Waals surface area contributed by atoms with Crippen LogP contribution in [0.2, 0.25) is 0 Å². The Bertz CT molecular complexity index is 631. The Hall–Kier alpha value is -1.18. The molecule has 156 valence electrons. The Labute approximate surface area is 177 Å². The lowest BCUT2D eigenvalue weighted by atomic mass is 9.90. The second kappa shape index (κ2) is 14.8. The molecule has 2 aromatic carbocycles. The van der Waals surface area contributed by atoms with E-state index in [4.69, 9.17) is 10.2 Å². The molecule has 0 bridgehead atoms. The summed E-state index contributed by atoms with van der Waals surface area (Å²) in [5, 5.41) is 35.8. The molecule has 1 saturated heterocycles. The van der Waals surface area contributed by atoms with E-state index < -0.39 is 6.10 Å². The standard InChI is InChI=1S/C18H20O2S2.2C2H6O/c19-15-9-4-8-14(12-15)17(20)16(13-6-2-1-3-7-13)18-21-10-5-11-22-18;2*1-2-3/h1-4,6-9,12,16-20H,5,10-11H2;2*3H,2H2,1H3. The first-order valence-electron chi connectivity index (χ1n) is 9.55. The van der Waals surface area contributed by atoms with Crippen molar-refractivity contribution in [3.63, 3.8) is 0 Å². The summed E-state index contributed by atoms with van der Waals surface area (Å²) in [5.74, 6) is 2.52. The van der Waals surface area contributed by atoms with Crippen molar-refractivity contribution in [2.45, 2.75) is 36.9 Å². The van der Waals surface area contributed by atoms with Gasteiger partial charge in [-0.25, -0.2) is 0 Å². The summed E-state index contributed by atoms with van der Waals surface area (Å²) in [6, 6.07) is 17.2. The third-order valence-corrected chi connectivity index (χ3v) is 6.99. The number of aromatic hydroxyl groups is 1. The van der Waals surface area contributed by atoms with E-state index in [1.807, 2.05) is 47.8 Å². The molecule has 0 spiro atoms. The van der Waals surface area contributed by atoms with Gasteiger partial charge >= 0.3 is 0 Å². The molecule has 1 aliphatic rings. The van der Waals surface area contributed by atoms with Crippen LogP contribution < -0.4 is 0 Å². The van der Waals surface area contributed by atoms with Crippen LogP contribution in [0.25, 0.3) is 0 Å². The van der Waals surface area contributed by atoms with E-state index in [1.54, 1.807) is 32.0 Å². The van der Waals surface area contributed by atoms with Crippen LogP contribution in [0.1, 0.15) is 43.4 Å². The highest BCUT2D eigenvalue weighted by atomic mass is 32.2. The molecule has 0 aromatic heterocycles. The molecule has 2 aromatic rings. The molecule has 1 heterocycles. The molecular formula is C22H32O4S2. The van der Waals surface area contributed by atoms with Gasteiger partial charge in [-0.15, -0.1) is 23.5 Å². The minimum absolute atomic E-state index is 0.0262. The molecule has 0 radical (unpaired) electrons. The maximum Gasteiger partial charge on any atom is 0.115 e. The number of hydrogen-bond donors (Lipinski definition) is 4. The average Bonchev–Trinajstić information content (AvgIpc) is 2.71. The van der Waals surface area contributed by atoms with Gasteiger partial charge < -0.3 is 20.4 Å². The number of hydrogen-bond acceptors (Lipinski definition) is 6. The van der Waals surface area contributed by atoms with E-state index in [1.165, 1.54) is 6.42 Å². The molecule has 3 rings (SSSR count). The predicted molar refractivity (Wildman–Crippen MR) is 121 cm³/mol. The fraction of sp³-hybridized carbons (Fsp3) is 0.455. The summed E-state index contributed by atoms with van der Waals surface area (Å²) in [6.45, 7) is 3.86. The summed E-state index contributed by atoms with van der Waals surface area (Å²) in [5.41, 5.74) is 1.94. The second-order valence-corrected chi connectivity index (χ2v) is 8.87. The minimum Gasteiger partial charge on any atom is -0.508 e. The summed E-state index contributed by atoms with van der Waals surface area (Å²) < 4.78 is 0.341. The van der Waals surface area contributed by atoms with Crippen LogP contribution in [-0.4, -0.2) is 49.7 Å². The first-order chi connectivity index (χ1) is 13.6. The van der Waals surface area contributed by atoms with E-state index in [0.717, 1.165) is 22.6 Å². The van der Waals surface area contributed by atoms with Crippen molar-refractivity contribution in [3.05, 3.63) is 65.7 Å². The Morgan fingerprint density at radius 3 is 1.96 bits per heavy atom. The van der Waals surface area contributed by atoms with Gasteiger partial charge in [-0.1, -0.05) is 42.5 Å². The fourth-order valence-corrected chi connectivity index (χ4v) is 6.05. The van der Waals surface area contributed by atoms with Crippen LogP contribution in [-0.2, 0) is 0 Å². The molecule has 1 fully saturated rings. The molecule has 0 amide bonds. The normalized spacial score (nSPS) is 16.0. The maximum atomic E-state index is 11.0. The van der Waals surface area contributed by atoms with Gasteiger partial charge in [0.1, 0.15) is 5.75 Å². The van der Waals surface area contributed by atoms with Gasteiger partial charge in [-0.3, -0.25) is 0 Å². The van der Waals surface area contributed by atoms with Gasteiger partial charge in [0.2, 0.25) is 0 Å². The smallest absolute Gasteiger partial charge is 0.115 e. The minimum atomic E-state index is -0.613. The van der Waals surface area contributed by atoms with Gasteiger partial charge in [0, 0.05) is 19.1 Å². The van der Waals surface area contributed by atoms with Crippen LogP contribution in [0.5, 0.6) is 5.75 Å². The van der Waals surface area contributed by atoms with Crippen LogP contribution >= 0.6 is 23.5 Å². The Balaban J connectivity index is 0.000000582. The zero-order valence-corrected chi connectivity index (χ0v) is 18.2. The average molecular weight is 425 g/mol. The number of aliphatic hydroxyl groups excluding tert-OH is 3. The van der Waals surface area contributed by atoms with Crippen molar-refractivity contribution in [1.82, 2.24) is 0 Å². The van der Waals surface area contributed by atoms with E-state index >= 15 is 0 Å². The van der Waals surface area contributed by atoms with E-state index in [-0.39, 0.29) is 24.9 Å². The van der Waals surface area contributed by atoms with Crippen molar-refractivity contribution < 1.29 is 20.4 Å². The van der Waals surface area contributed by atoms with Gasteiger partial charge in [-0.2, -0.15) is 0 Å². The van der Waals surface area contributed by atoms with Gasteiger partial charge in [0.25, 0.3) is 0 Å². The predicted octanol–water partition coefficient (Wildman–Crippen LogP) is 4.40. The van der Waals surface area contributed by atoms with Gasteiger partial charge in [0.05, 0.1) is 10.7 Å². The largest absolute Gasteiger partial charge is 0.508 e. The molecule has 2 unspecified atom stereocenters. The number of rotatable bonds is 4.